The minimum atomic E-state index is -0.557. The monoisotopic (exact) mass is 367 g/mol. The van der Waals surface area contributed by atoms with Crippen molar-refractivity contribution in [2.45, 2.75) is 32.8 Å². The van der Waals surface area contributed by atoms with Crippen LogP contribution in [0.5, 0.6) is 5.75 Å². The highest BCUT2D eigenvalue weighted by atomic mass is 16.6. The molecule has 1 aromatic heterocycles. The van der Waals surface area contributed by atoms with Crippen LogP contribution in [0.1, 0.15) is 27.2 Å². The quantitative estimate of drug-likeness (QED) is 0.655. The van der Waals surface area contributed by atoms with Crippen LogP contribution in [0.3, 0.4) is 0 Å². The van der Waals surface area contributed by atoms with Crippen molar-refractivity contribution >= 4 is 16.9 Å². The molecule has 3 aromatic rings. The highest BCUT2D eigenvalue weighted by Gasteiger charge is 2.20. The molecule has 5 nitrogen and oxygen atoms in total. The number of aliphatic hydroxyl groups is 1. The predicted molar refractivity (Wildman–Crippen MR) is 106 cm³/mol. The van der Waals surface area contributed by atoms with Crippen LogP contribution in [0.15, 0.2) is 54.7 Å². The first kappa shape index (κ1) is 19.0. The van der Waals surface area contributed by atoms with Crippen molar-refractivity contribution in [2.24, 2.45) is 0 Å². The van der Waals surface area contributed by atoms with Crippen LogP contribution >= 0.6 is 0 Å². The first-order valence-corrected chi connectivity index (χ1v) is 9.06. The van der Waals surface area contributed by atoms with Crippen molar-refractivity contribution < 1.29 is 19.4 Å². The Morgan fingerprint density at radius 3 is 2.67 bits per heavy atom. The third-order valence-electron chi connectivity index (χ3n) is 4.04. The Balaban J connectivity index is 1.96. The summed E-state index contributed by atoms with van der Waals surface area (Å²) in [7, 11) is 0. The molecule has 1 heterocycles. The van der Waals surface area contributed by atoms with Gasteiger partial charge in [0.2, 0.25) is 0 Å². The van der Waals surface area contributed by atoms with Crippen LogP contribution < -0.4 is 4.74 Å². The summed E-state index contributed by atoms with van der Waals surface area (Å²) in [5.74, 6) is 0.760. The molecule has 3 rings (SSSR count). The number of carbonyl (C=O) groups is 1. The number of hydrogen-bond donors (Lipinski definition) is 1. The summed E-state index contributed by atoms with van der Waals surface area (Å²) in [6.45, 7) is 6.14. The molecular weight excluding hydrogens is 342 g/mol. The number of rotatable bonds is 5. The molecule has 0 saturated carbocycles. The van der Waals surface area contributed by atoms with E-state index in [4.69, 9.17) is 14.6 Å². The Kier molecular flexibility index (Phi) is 5.51. The van der Waals surface area contributed by atoms with Crippen molar-refractivity contribution in [1.29, 1.82) is 0 Å². The van der Waals surface area contributed by atoms with Crippen molar-refractivity contribution in [2.75, 3.05) is 13.2 Å². The van der Waals surface area contributed by atoms with E-state index in [1.54, 1.807) is 6.20 Å². The van der Waals surface area contributed by atoms with E-state index in [2.05, 4.69) is 0 Å². The molecule has 0 unspecified atom stereocenters. The normalized spacial score (nSPS) is 11.6. The summed E-state index contributed by atoms with van der Waals surface area (Å²) < 4.78 is 12.7. The van der Waals surface area contributed by atoms with Gasteiger partial charge in [0, 0.05) is 24.8 Å². The summed E-state index contributed by atoms with van der Waals surface area (Å²) in [6, 6.07) is 15.6. The zero-order valence-electron chi connectivity index (χ0n) is 15.9. The molecule has 1 N–H and O–H groups in total. The second kappa shape index (κ2) is 7.84. The largest absolute Gasteiger partial charge is 0.493 e. The zero-order valence-corrected chi connectivity index (χ0v) is 15.9. The Morgan fingerprint density at radius 2 is 1.93 bits per heavy atom. The van der Waals surface area contributed by atoms with Crippen molar-refractivity contribution in [3.8, 4) is 17.0 Å². The van der Waals surface area contributed by atoms with Gasteiger partial charge in [0.15, 0.2) is 0 Å². The maximum Gasteiger partial charge on any atom is 0.418 e. The van der Waals surface area contributed by atoms with Gasteiger partial charge in [-0.1, -0.05) is 24.3 Å². The van der Waals surface area contributed by atoms with Crippen LogP contribution in [0, 0.1) is 0 Å². The number of aliphatic hydroxyl groups excluding tert-OH is 1. The minimum Gasteiger partial charge on any atom is -0.493 e. The van der Waals surface area contributed by atoms with Gasteiger partial charge < -0.3 is 14.6 Å². The highest BCUT2D eigenvalue weighted by molar-refractivity contribution is 5.98. The summed E-state index contributed by atoms with van der Waals surface area (Å²) in [5.41, 5.74) is 1.17. The fraction of sp³-hybridized carbons (Fsp3) is 0.318. The van der Waals surface area contributed by atoms with E-state index in [9.17, 15) is 4.79 Å². The third kappa shape index (κ3) is 4.49. The summed E-state index contributed by atoms with van der Waals surface area (Å²) >= 11 is 0. The molecule has 0 radical (unpaired) electrons. The molecule has 2 aromatic carbocycles. The molecule has 142 valence electrons. The Bertz CT molecular complexity index is 937. The Morgan fingerprint density at radius 1 is 1.11 bits per heavy atom. The summed E-state index contributed by atoms with van der Waals surface area (Å²) in [4.78, 5) is 12.6. The van der Waals surface area contributed by atoms with Crippen LogP contribution in [0.2, 0.25) is 0 Å². The molecule has 0 amide bonds. The molecule has 0 atom stereocenters. The third-order valence-corrected chi connectivity index (χ3v) is 4.04. The number of carbonyl (C=O) groups excluding carboxylic acids is 1. The molecular formula is C22H25NO4. The van der Waals surface area contributed by atoms with Gasteiger partial charge in [-0.05, 0) is 55.8 Å². The summed E-state index contributed by atoms with van der Waals surface area (Å²) in [6.07, 6.45) is 1.92. The maximum atomic E-state index is 12.6. The Labute approximate surface area is 159 Å². The van der Waals surface area contributed by atoms with Gasteiger partial charge in [-0.2, -0.15) is 0 Å². The lowest BCUT2D eigenvalue weighted by molar-refractivity contribution is 0.0540. The van der Waals surface area contributed by atoms with Crippen molar-refractivity contribution in [3.63, 3.8) is 0 Å². The number of benzene rings is 2. The lowest BCUT2D eigenvalue weighted by Gasteiger charge is -2.20. The van der Waals surface area contributed by atoms with E-state index in [0.717, 1.165) is 27.8 Å². The lowest BCUT2D eigenvalue weighted by Crippen LogP contribution is -2.27. The topological polar surface area (TPSA) is 60.7 Å². The van der Waals surface area contributed by atoms with Gasteiger partial charge in [-0.15, -0.1) is 0 Å². The fourth-order valence-electron chi connectivity index (χ4n) is 2.90. The molecule has 0 fully saturated rings. The average molecular weight is 367 g/mol. The SMILES string of the molecule is CC(C)(C)OC(=O)n1cccc1-c1cccc2cc(OCCCO)ccc12. The smallest absolute Gasteiger partial charge is 0.418 e. The highest BCUT2D eigenvalue weighted by Crippen LogP contribution is 2.31. The second-order valence-electron chi connectivity index (χ2n) is 7.36. The fourth-order valence-corrected chi connectivity index (χ4v) is 2.90. The number of aromatic nitrogens is 1. The molecule has 0 aliphatic heterocycles. The van der Waals surface area contributed by atoms with E-state index in [0.29, 0.717) is 13.0 Å². The summed E-state index contributed by atoms with van der Waals surface area (Å²) in [5, 5.41) is 10.9. The van der Waals surface area contributed by atoms with Gasteiger partial charge in [0.05, 0.1) is 12.3 Å². The van der Waals surface area contributed by atoms with E-state index in [-0.39, 0.29) is 6.61 Å². The van der Waals surface area contributed by atoms with E-state index >= 15 is 0 Å². The Hall–Kier alpha value is -2.79. The molecule has 0 aliphatic carbocycles. The second-order valence-corrected chi connectivity index (χ2v) is 7.36. The molecule has 0 aliphatic rings. The van der Waals surface area contributed by atoms with E-state index < -0.39 is 11.7 Å². The number of ether oxygens (including phenoxy) is 2. The predicted octanol–water partition coefficient (Wildman–Crippen LogP) is 4.85. The molecule has 0 spiro atoms. The number of fused-ring (bicyclic) bond motifs is 1. The first-order chi connectivity index (χ1) is 12.9. The van der Waals surface area contributed by atoms with Crippen LogP contribution in [-0.4, -0.2) is 34.6 Å². The minimum absolute atomic E-state index is 0.111. The van der Waals surface area contributed by atoms with Gasteiger partial charge >= 0.3 is 6.09 Å². The van der Waals surface area contributed by atoms with Gasteiger partial charge in [0.1, 0.15) is 11.4 Å². The molecule has 27 heavy (non-hydrogen) atoms. The van der Waals surface area contributed by atoms with Crippen molar-refractivity contribution in [1.82, 2.24) is 4.57 Å². The average Bonchev–Trinajstić information content (AvgIpc) is 3.09. The van der Waals surface area contributed by atoms with Gasteiger partial charge in [-0.3, -0.25) is 4.57 Å². The first-order valence-electron chi connectivity index (χ1n) is 9.06. The van der Waals surface area contributed by atoms with Gasteiger partial charge in [0.25, 0.3) is 0 Å². The standard InChI is InChI=1S/C22H25NO4/c1-22(2,3)27-21(25)23-12-5-9-20(23)19-8-4-7-16-15-17(10-11-18(16)19)26-14-6-13-24/h4-5,7-12,15,24H,6,13-14H2,1-3H3. The van der Waals surface area contributed by atoms with E-state index in [1.165, 1.54) is 4.57 Å². The van der Waals surface area contributed by atoms with Crippen LogP contribution in [0.4, 0.5) is 4.79 Å². The molecule has 0 bridgehead atoms. The van der Waals surface area contributed by atoms with Crippen molar-refractivity contribution in [3.05, 3.63) is 54.7 Å². The van der Waals surface area contributed by atoms with E-state index in [1.807, 2.05) is 69.3 Å². The molecule has 0 saturated heterocycles. The number of nitrogens with zero attached hydrogens (tertiary/aromatic N) is 1. The lowest BCUT2D eigenvalue weighted by atomic mass is 10.0. The molecule has 5 heteroatoms. The maximum absolute atomic E-state index is 12.6. The van der Waals surface area contributed by atoms with Gasteiger partial charge in [-0.25, -0.2) is 4.79 Å². The zero-order chi connectivity index (χ0) is 19.4. The van der Waals surface area contributed by atoms with Crippen LogP contribution in [-0.2, 0) is 4.74 Å². The number of hydrogen-bond acceptors (Lipinski definition) is 4. The van der Waals surface area contributed by atoms with Crippen LogP contribution in [0.25, 0.3) is 22.0 Å².